The highest BCUT2D eigenvalue weighted by Crippen LogP contribution is 2.12. The van der Waals surface area contributed by atoms with Crippen molar-refractivity contribution in [2.45, 2.75) is 45.3 Å². The summed E-state index contributed by atoms with van der Waals surface area (Å²) in [6.45, 7) is 10.8. The third-order valence-electron chi connectivity index (χ3n) is 2.69. The van der Waals surface area contributed by atoms with E-state index in [-0.39, 0.29) is 5.54 Å². The van der Waals surface area contributed by atoms with Gasteiger partial charge in [0.05, 0.1) is 6.10 Å². The minimum absolute atomic E-state index is 0.227. The Balaban J connectivity index is 2.05. The van der Waals surface area contributed by atoms with E-state index in [0.29, 0.717) is 6.10 Å². The minimum Gasteiger partial charge on any atom is -0.377 e. The molecule has 0 aromatic heterocycles. The van der Waals surface area contributed by atoms with Gasteiger partial charge >= 0.3 is 0 Å². The maximum atomic E-state index is 5.61. The fraction of sp³-hybridized carbons (Fsp3) is 1.00. The molecule has 1 rings (SSSR count). The van der Waals surface area contributed by atoms with E-state index in [0.717, 1.165) is 26.2 Å². The number of nitrogens with zero attached hydrogens (tertiary/aromatic N) is 1. The summed E-state index contributed by atoms with van der Waals surface area (Å²) in [5.41, 5.74) is 0.227. The van der Waals surface area contributed by atoms with Crippen molar-refractivity contribution in [2.24, 2.45) is 0 Å². The summed E-state index contributed by atoms with van der Waals surface area (Å²) < 4.78 is 5.61. The van der Waals surface area contributed by atoms with Gasteiger partial charge in [-0.2, -0.15) is 0 Å². The molecule has 1 N–H and O–H groups in total. The van der Waals surface area contributed by atoms with Crippen LogP contribution in [-0.4, -0.2) is 49.8 Å². The van der Waals surface area contributed by atoms with Crippen LogP contribution in [0.15, 0.2) is 0 Å². The second-order valence-corrected chi connectivity index (χ2v) is 5.57. The molecular formula is C12H26N2O. The molecule has 1 unspecified atom stereocenters. The molecule has 3 heteroatoms. The molecule has 0 aromatic carbocycles. The Hall–Kier alpha value is -0.120. The Bertz CT molecular complexity index is 171. The number of nitrogens with one attached hydrogen (secondary N) is 1. The molecule has 1 fully saturated rings. The van der Waals surface area contributed by atoms with Crippen LogP contribution in [0.2, 0.25) is 0 Å². The Morgan fingerprint density at radius 3 is 2.67 bits per heavy atom. The van der Waals surface area contributed by atoms with Crippen LogP contribution >= 0.6 is 0 Å². The van der Waals surface area contributed by atoms with Gasteiger partial charge in [0.15, 0.2) is 0 Å². The number of hydrogen-bond acceptors (Lipinski definition) is 3. The van der Waals surface area contributed by atoms with Crippen molar-refractivity contribution in [3.63, 3.8) is 0 Å². The standard InChI is InChI=1S/C12H26N2O/c1-12(2,3)13-7-8-14(4)10-11-6-5-9-15-11/h11,13H,5-10H2,1-4H3. The van der Waals surface area contributed by atoms with Gasteiger partial charge < -0.3 is 15.0 Å². The number of ether oxygens (including phenoxy) is 1. The summed E-state index contributed by atoms with van der Waals surface area (Å²) in [5.74, 6) is 0. The highest BCUT2D eigenvalue weighted by atomic mass is 16.5. The molecule has 3 nitrogen and oxygen atoms in total. The lowest BCUT2D eigenvalue weighted by Gasteiger charge is -2.24. The molecular weight excluding hydrogens is 188 g/mol. The predicted octanol–water partition coefficient (Wildman–Crippen LogP) is 1.49. The van der Waals surface area contributed by atoms with Crippen LogP contribution in [0.5, 0.6) is 0 Å². The second-order valence-electron chi connectivity index (χ2n) is 5.57. The van der Waals surface area contributed by atoms with E-state index in [9.17, 15) is 0 Å². The highest BCUT2D eigenvalue weighted by molar-refractivity contribution is 4.72. The molecule has 1 atom stereocenters. The van der Waals surface area contributed by atoms with Gasteiger partial charge in [-0.15, -0.1) is 0 Å². The number of likely N-dealkylation sites (N-methyl/N-ethyl adjacent to an activating group) is 1. The van der Waals surface area contributed by atoms with E-state index >= 15 is 0 Å². The van der Waals surface area contributed by atoms with Crippen LogP contribution in [0.3, 0.4) is 0 Å². The largest absolute Gasteiger partial charge is 0.377 e. The fourth-order valence-corrected chi connectivity index (χ4v) is 1.85. The van der Waals surface area contributed by atoms with E-state index in [1.165, 1.54) is 12.8 Å². The Morgan fingerprint density at radius 2 is 2.13 bits per heavy atom. The second kappa shape index (κ2) is 5.83. The van der Waals surface area contributed by atoms with Crippen molar-refractivity contribution in [3.05, 3.63) is 0 Å². The van der Waals surface area contributed by atoms with Gasteiger partial charge in [0, 0.05) is 31.8 Å². The zero-order valence-electron chi connectivity index (χ0n) is 10.7. The van der Waals surface area contributed by atoms with Crippen molar-refractivity contribution in [3.8, 4) is 0 Å². The van der Waals surface area contributed by atoms with Crippen molar-refractivity contribution in [1.29, 1.82) is 0 Å². The maximum Gasteiger partial charge on any atom is 0.0702 e. The molecule has 0 aromatic rings. The molecule has 1 aliphatic heterocycles. The molecule has 1 aliphatic rings. The van der Waals surface area contributed by atoms with Crippen LogP contribution in [0.4, 0.5) is 0 Å². The highest BCUT2D eigenvalue weighted by Gasteiger charge is 2.17. The summed E-state index contributed by atoms with van der Waals surface area (Å²) in [7, 11) is 2.17. The molecule has 0 aliphatic carbocycles. The minimum atomic E-state index is 0.227. The van der Waals surface area contributed by atoms with Crippen LogP contribution in [-0.2, 0) is 4.74 Å². The first-order valence-electron chi connectivity index (χ1n) is 6.02. The monoisotopic (exact) mass is 214 g/mol. The van der Waals surface area contributed by atoms with Crippen LogP contribution in [0.1, 0.15) is 33.6 Å². The van der Waals surface area contributed by atoms with Gasteiger partial charge in [-0.1, -0.05) is 0 Å². The quantitative estimate of drug-likeness (QED) is 0.750. The summed E-state index contributed by atoms with van der Waals surface area (Å²) in [6, 6.07) is 0. The molecule has 90 valence electrons. The van der Waals surface area contributed by atoms with Crippen LogP contribution in [0, 0.1) is 0 Å². The molecule has 0 bridgehead atoms. The first-order chi connectivity index (χ1) is 6.97. The zero-order valence-corrected chi connectivity index (χ0v) is 10.7. The summed E-state index contributed by atoms with van der Waals surface area (Å²) >= 11 is 0. The van der Waals surface area contributed by atoms with Crippen molar-refractivity contribution in [1.82, 2.24) is 10.2 Å². The lowest BCUT2D eigenvalue weighted by Crippen LogP contribution is -2.41. The average Bonchev–Trinajstić information content (AvgIpc) is 2.54. The Labute approximate surface area is 94.2 Å². The molecule has 1 heterocycles. The fourth-order valence-electron chi connectivity index (χ4n) is 1.85. The zero-order chi connectivity index (χ0) is 11.3. The van der Waals surface area contributed by atoms with Crippen molar-refractivity contribution >= 4 is 0 Å². The van der Waals surface area contributed by atoms with Gasteiger partial charge in [0.25, 0.3) is 0 Å². The molecule has 0 radical (unpaired) electrons. The van der Waals surface area contributed by atoms with E-state index in [2.05, 4.69) is 38.0 Å². The van der Waals surface area contributed by atoms with Gasteiger partial charge in [0.1, 0.15) is 0 Å². The molecule has 0 amide bonds. The molecule has 1 saturated heterocycles. The maximum absolute atomic E-state index is 5.61. The molecule has 15 heavy (non-hydrogen) atoms. The smallest absolute Gasteiger partial charge is 0.0702 e. The van der Waals surface area contributed by atoms with E-state index in [1.54, 1.807) is 0 Å². The van der Waals surface area contributed by atoms with Gasteiger partial charge in [-0.25, -0.2) is 0 Å². The Kier molecular flexibility index (Phi) is 5.03. The van der Waals surface area contributed by atoms with Gasteiger partial charge in [-0.05, 0) is 40.7 Å². The molecule has 0 saturated carbocycles. The van der Waals surface area contributed by atoms with Crippen LogP contribution in [0.25, 0.3) is 0 Å². The topological polar surface area (TPSA) is 24.5 Å². The third-order valence-corrected chi connectivity index (χ3v) is 2.69. The first kappa shape index (κ1) is 12.9. The summed E-state index contributed by atoms with van der Waals surface area (Å²) in [6.07, 6.45) is 2.94. The van der Waals surface area contributed by atoms with Crippen molar-refractivity contribution in [2.75, 3.05) is 33.3 Å². The lowest BCUT2D eigenvalue weighted by atomic mass is 10.1. The predicted molar refractivity (Wildman–Crippen MR) is 64.2 cm³/mol. The first-order valence-corrected chi connectivity index (χ1v) is 6.02. The lowest BCUT2D eigenvalue weighted by molar-refractivity contribution is 0.0810. The summed E-state index contributed by atoms with van der Waals surface area (Å²) in [5, 5.41) is 3.50. The number of rotatable bonds is 5. The average molecular weight is 214 g/mol. The number of hydrogen-bond donors (Lipinski definition) is 1. The van der Waals surface area contributed by atoms with E-state index in [4.69, 9.17) is 4.74 Å². The molecule has 0 spiro atoms. The SMILES string of the molecule is CN(CCNC(C)(C)C)CC1CCCO1. The van der Waals surface area contributed by atoms with Gasteiger partial charge in [0.2, 0.25) is 0 Å². The third kappa shape index (κ3) is 6.13. The van der Waals surface area contributed by atoms with Gasteiger partial charge in [-0.3, -0.25) is 0 Å². The Morgan fingerprint density at radius 1 is 1.40 bits per heavy atom. The van der Waals surface area contributed by atoms with Crippen LogP contribution < -0.4 is 5.32 Å². The van der Waals surface area contributed by atoms with E-state index < -0.39 is 0 Å². The van der Waals surface area contributed by atoms with E-state index in [1.807, 2.05) is 0 Å². The summed E-state index contributed by atoms with van der Waals surface area (Å²) in [4.78, 5) is 2.36. The van der Waals surface area contributed by atoms with Crippen molar-refractivity contribution < 1.29 is 4.74 Å². The normalized spacial score (nSPS) is 22.6.